The summed E-state index contributed by atoms with van der Waals surface area (Å²) < 4.78 is 5.79. The van der Waals surface area contributed by atoms with Crippen molar-refractivity contribution in [1.29, 1.82) is 0 Å². The minimum atomic E-state index is -0.111. The molecule has 3 heterocycles. The lowest BCUT2D eigenvalue weighted by molar-refractivity contribution is -0.128. The van der Waals surface area contributed by atoms with Crippen molar-refractivity contribution in [3.8, 4) is 0 Å². The van der Waals surface area contributed by atoms with Crippen LogP contribution >= 0.6 is 12.4 Å². The van der Waals surface area contributed by atoms with Crippen molar-refractivity contribution < 1.29 is 14.0 Å². The van der Waals surface area contributed by atoms with E-state index >= 15 is 0 Å². The Kier molecular flexibility index (Phi) is 6.65. The number of halogens is 1. The molecule has 1 aromatic carbocycles. The van der Waals surface area contributed by atoms with E-state index in [1.807, 2.05) is 37.3 Å². The molecule has 0 unspecified atom stereocenters. The maximum absolute atomic E-state index is 12.7. The van der Waals surface area contributed by atoms with Gasteiger partial charge >= 0.3 is 0 Å². The maximum Gasteiger partial charge on any atom is 0.246 e. The molecule has 1 aliphatic rings. The molecule has 0 atom stereocenters. The summed E-state index contributed by atoms with van der Waals surface area (Å²) in [6.45, 7) is 3.10. The third-order valence-electron chi connectivity index (χ3n) is 5.32. The average Bonchev–Trinajstić information content (AvgIpc) is 2.97. The standard InChI is InChI=1S/C23H24N4O3.ClH/c1-15-19(18-6-4-5-7-20(18)30-15)14-27(3)21(28)9-8-16-10-17-13-26(2)22(29)12-25-23(17)24-11-16;/h4-11H,12-14H2,1-3H3,(H,24,25);1H. The first-order valence-electron chi connectivity index (χ1n) is 9.79. The Balaban J connectivity index is 0.00000272. The smallest absolute Gasteiger partial charge is 0.246 e. The fraction of sp³-hybridized carbons (Fsp3) is 0.261. The zero-order chi connectivity index (χ0) is 21.3. The van der Waals surface area contributed by atoms with Crippen LogP contribution in [0.5, 0.6) is 0 Å². The van der Waals surface area contributed by atoms with Gasteiger partial charge in [0.05, 0.1) is 6.54 Å². The Hall–Kier alpha value is -3.32. The largest absolute Gasteiger partial charge is 0.461 e. The fourth-order valence-electron chi connectivity index (χ4n) is 3.57. The molecule has 0 bridgehead atoms. The summed E-state index contributed by atoms with van der Waals surface area (Å²) in [6, 6.07) is 9.78. The first-order valence-corrected chi connectivity index (χ1v) is 9.79. The van der Waals surface area contributed by atoms with Gasteiger partial charge in [-0.3, -0.25) is 9.59 Å². The molecule has 0 aliphatic carbocycles. The van der Waals surface area contributed by atoms with Crippen LogP contribution < -0.4 is 5.32 Å². The van der Waals surface area contributed by atoms with Gasteiger partial charge in [0.1, 0.15) is 17.2 Å². The van der Waals surface area contributed by atoms with Crippen LogP contribution in [0.1, 0.15) is 22.5 Å². The summed E-state index contributed by atoms with van der Waals surface area (Å²) >= 11 is 0. The number of amides is 2. The van der Waals surface area contributed by atoms with E-state index in [4.69, 9.17) is 4.42 Å². The number of aromatic nitrogens is 1. The number of nitrogens with zero attached hydrogens (tertiary/aromatic N) is 3. The van der Waals surface area contributed by atoms with E-state index in [0.717, 1.165) is 33.4 Å². The molecule has 1 aliphatic heterocycles. The van der Waals surface area contributed by atoms with Crippen LogP contribution in [0.25, 0.3) is 17.0 Å². The molecular formula is C23H25ClN4O3. The van der Waals surface area contributed by atoms with Crippen molar-refractivity contribution in [3.05, 3.63) is 65.1 Å². The Morgan fingerprint density at radius 1 is 1.35 bits per heavy atom. The van der Waals surface area contributed by atoms with Crippen LogP contribution in [-0.4, -0.2) is 47.2 Å². The number of fused-ring (bicyclic) bond motifs is 2. The number of benzene rings is 1. The van der Waals surface area contributed by atoms with Gasteiger partial charge in [0.15, 0.2) is 0 Å². The molecule has 7 nitrogen and oxygen atoms in total. The van der Waals surface area contributed by atoms with Gasteiger partial charge in [0.25, 0.3) is 0 Å². The summed E-state index contributed by atoms with van der Waals surface area (Å²) in [6.07, 6.45) is 4.98. The number of hydrogen-bond acceptors (Lipinski definition) is 5. The third kappa shape index (κ3) is 4.72. The van der Waals surface area contributed by atoms with Crippen molar-refractivity contribution >= 4 is 47.1 Å². The van der Waals surface area contributed by atoms with E-state index in [0.29, 0.717) is 18.9 Å². The van der Waals surface area contributed by atoms with E-state index < -0.39 is 0 Å². The molecule has 0 saturated carbocycles. The number of likely N-dealkylation sites (N-methyl/N-ethyl adjacent to an activating group) is 2. The molecule has 0 radical (unpaired) electrons. The first kappa shape index (κ1) is 22.4. The SMILES string of the molecule is Cc1oc2ccccc2c1CN(C)C(=O)C=Cc1cnc2c(c1)CN(C)C(=O)CN2.Cl. The molecular weight excluding hydrogens is 416 g/mol. The maximum atomic E-state index is 12.7. The van der Waals surface area contributed by atoms with E-state index in [2.05, 4.69) is 10.3 Å². The van der Waals surface area contributed by atoms with Gasteiger partial charge in [-0.15, -0.1) is 12.4 Å². The quantitative estimate of drug-likeness (QED) is 0.627. The van der Waals surface area contributed by atoms with E-state index in [1.165, 1.54) is 0 Å². The minimum absolute atomic E-state index is 0. The number of aryl methyl sites for hydroxylation is 1. The molecule has 0 saturated heterocycles. The molecule has 162 valence electrons. The van der Waals surface area contributed by atoms with Crippen LogP contribution in [0, 0.1) is 6.92 Å². The van der Waals surface area contributed by atoms with Gasteiger partial charge < -0.3 is 19.5 Å². The van der Waals surface area contributed by atoms with Crippen molar-refractivity contribution in [2.45, 2.75) is 20.0 Å². The lowest BCUT2D eigenvalue weighted by Crippen LogP contribution is -2.28. The number of para-hydroxylation sites is 1. The van der Waals surface area contributed by atoms with Crippen LogP contribution in [0.4, 0.5) is 5.82 Å². The van der Waals surface area contributed by atoms with Crippen LogP contribution in [0.3, 0.4) is 0 Å². The fourth-order valence-corrected chi connectivity index (χ4v) is 3.57. The lowest BCUT2D eigenvalue weighted by Gasteiger charge is -2.15. The Morgan fingerprint density at radius 3 is 2.94 bits per heavy atom. The van der Waals surface area contributed by atoms with Gasteiger partial charge in [-0.2, -0.15) is 0 Å². The highest BCUT2D eigenvalue weighted by Gasteiger charge is 2.18. The predicted molar refractivity (Wildman–Crippen MR) is 123 cm³/mol. The Labute approximate surface area is 187 Å². The zero-order valence-electron chi connectivity index (χ0n) is 17.7. The molecule has 2 aromatic heterocycles. The predicted octanol–water partition coefficient (Wildman–Crippen LogP) is 3.61. The number of furan rings is 1. The van der Waals surface area contributed by atoms with Gasteiger partial charge in [0.2, 0.25) is 11.8 Å². The lowest BCUT2D eigenvalue weighted by atomic mass is 10.1. The molecule has 0 spiro atoms. The second-order valence-corrected chi connectivity index (χ2v) is 7.54. The van der Waals surface area contributed by atoms with Crippen molar-refractivity contribution in [2.24, 2.45) is 0 Å². The number of rotatable bonds is 4. The monoisotopic (exact) mass is 440 g/mol. The Morgan fingerprint density at radius 2 is 2.13 bits per heavy atom. The number of anilines is 1. The normalized spacial score (nSPS) is 13.5. The van der Waals surface area contributed by atoms with E-state index in [1.54, 1.807) is 42.2 Å². The zero-order valence-corrected chi connectivity index (χ0v) is 18.5. The van der Waals surface area contributed by atoms with Gasteiger partial charge in [-0.05, 0) is 30.7 Å². The Bertz CT molecular complexity index is 1150. The number of hydrogen-bond donors (Lipinski definition) is 1. The number of nitrogens with one attached hydrogen (secondary N) is 1. The average molecular weight is 441 g/mol. The number of carbonyl (C=O) groups is 2. The van der Waals surface area contributed by atoms with Gasteiger partial charge in [-0.1, -0.05) is 18.2 Å². The van der Waals surface area contributed by atoms with Crippen molar-refractivity contribution in [2.75, 3.05) is 26.0 Å². The molecule has 1 N–H and O–H groups in total. The van der Waals surface area contributed by atoms with Crippen LogP contribution in [-0.2, 0) is 22.7 Å². The minimum Gasteiger partial charge on any atom is -0.461 e. The molecule has 31 heavy (non-hydrogen) atoms. The second kappa shape index (κ2) is 9.22. The highest BCUT2D eigenvalue weighted by Crippen LogP contribution is 2.26. The molecule has 2 amide bonds. The molecule has 0 fully saturated rings. The van der Waals surface area contributed by atoms with Crippen molar-refractivity contribution in [1.82, 2.24) is 14.8 Å². The summed E-state index contributed by atoms with van der Waals surface area (Å²) in [7, 11) is 3.54. The first-order chi connectivity index (χ1) is 14.4. The third-order valence-corrected chi connectivity index (χ3v) is 5.32. The topological polar surface area (TPSA) is 78.7 Å². The second-order valence-electron chi connectivity index (χ2n) is 7.54. The highest BCUT2D eigenvalue weighted by molar-refractivity contribution is 5.92. The van der Waals surface area contributed by atoms with Crippen LogP contribution in [0.2, 0.25) is 0 Å². The van der Waals surface area contributed by atoms with E-state index in [-0.39, 0.29) is 30.8 Å². The highest BCUT2D eigenvalue weighted by atomic mass is 35.5. The molecule has 8 heteroatoms. The summed E-state index contributed by atoms with van der Waals surface area (Å²) in [5.41, 5.74) is 3.58. The number of pyridine rings is 1. The summed E-state index contributed by atoms with van der Waals surface area (Å²) in [4.78, 5) is 32.2. The van der Waals surface area contributed by atoms with Crippen LogP contribution in [0.15, 0.2) is 47.0 Å². The van der Waals surface area contributed by atoms with E-state index in [9.17, 15) is 9.59 Å². The molecule has 3 aromatic rings. The van der Waals surface area contributed by atoms with Crippen molar-refractivity contribution in [3.63, 3.8) is 0 Å². The number of carbonyl (C=O) groups excluding carboxylic acids is 2. The summed E-state index contributed by atoms with van der Waals surface area (Å²) in [5.74, 6) is 1.43. The summed E-state index contributed by atoms with van der Waals surface area (Å²) in [5, 5.41) is 4.08. The van der Waals surface area contributed by atoms with Gasteiger partial charge in [0, 0.05) is 56.0 Å². The molecule has 4 rings (SSSR count). The van der Waals surface area contributed by atoms with Gasteiger partial charge in [-0.25, -0.2) is 4.98 Å².